The van der Waals surface area contributed by atoms with Gasteiger partial charge < -0.3 is 15.5 Å². The summed E-state index contributed by atoms with van der Waals surface area (Å²) in [5, 5.41) is 5.56. The molecule has 27 heavy (non-hydrogen) atoms. The number of anilines is 2. The van der Waals surface area contributed by atoms with Crippen molar-refractivity contribution in [2.24, 2.45) is 0 Å². The first-order chi connectivity index (χ1) is 13.0. The third-order valence-electron chi connectivity index (χ3n) is 4.02. The molecule has 0 saturated heterocycles. The summed E-state index contributed by atoms with van der Waals surface area (Å²) in [7, 11) is 0. The van der Waals surface area contributed by atoms with Crippen molar-refractivity contribution in [3.8, 4) is 0 Å². The molecule has 0 heterocycles. The fraction of sp³-hybridized carbons (Fsp3) is 0.286. The van der Waals surface area contributed by atoms with Crippen LogP contribution in [-0.2, 0) is 20.8 Å². The molecule has 2 rings (SSSR count). The molecule has 6 heteroatoms. The second-order valence-corrected chi connectivity index (χ2v) is 6.23. The van der Waals surface area contributed by atoms with E-state index in [-0.39, 0.29) is 24.1 Å². The molecule has 0 fully saturated rings. The topological polar surface area (TPSA) is 78.5 Å². The Kier molecular flexibility index (Phi) is 7.55. The molecule has 0 aliphatic carbocycles. The van der Waals surface area contributed by atoms with Crippen molar-refractivity contribution in [3.63, 3.8) is 0 Å². The molecule has 0 aromatic heterocycles. The van der Waals surface area contributed by atoms with Gasteiger partial charge in [0, 0.05) is 44.7 Å². The Bertz CT molecular complexity index is 773. The van der Waals surface area contributed by atoms with E-state index in [0.29, 0.717) is 24.5 Å². The van der Waals surface area contributed by atoms with Gasteiger partial charge in [0.2, 0.25) is 17.7 Å². The Hall–Kier alpha value is -3.15. The lowest BCUT2D eigenvalue weighted by Gasteiger charge is -2.21. The van der Waals surface area contributed by atoms with Crippen LogP contribution in [0.1, 0.15) is 25.8 Å². The van der Waals surface area contributed by atoms with Crippen LogP contribution in [0.3, 0.4) is 0 Å². The van der Waals surface area contributed by atoms with Crippen molar-refractivity contribution in [1.82, 2.24) is 5.32 Å². The van der Waals surface area contributed by atoms with Crippen molar-refractivity contribution in [1.29, 1.82) is 0 Å². The number of benzene rings is 2. The molecule has 0 saturated carbocycles. The van der Waals surface area contributed by atoms with E-state index in [0.717, 1.165) is 6.42 Å². The van der Waals surface area contributed by atoms with Crippen LogP contribution in [0.4, 0.5) is 11.4 Å². The molecule has 6 nitrogen and oxygen atoms in total. The standard InChI is InChI=1S/C21H25N3O3/c1-16(25)23-19-8-10-20(11-9-19)24(17(2)26)15-13-21(27)22-14-12-18-6-4-3-5-7-18/h3-11H,12-15H2,1-2H3,(H,22,27)(H,23,25). The van der Waals surface area contributed by atoms with Gasteiger partial charge in [-0.3, -0.25) is 14.4 Å². The van der Waals surface area contributed by atoms with Gasteiger partial charge in [-0.25, -0.2) is 0 Å². The second kappa shape index (κ2) is 10.1. The first kappa shape index (κ1) is 20.2. The van der Waals surface area contributed by atoms with E-state index in [2.05, 4.69) is 10.6 Å². The molecule has 0 aliphatic heterocycles. The van der Waals surface area contributed by atoms with Gasteiger partial charge >= 0.3 is 0 Å². The summed E-state index contributed by atoms with van der Waals surface area (Å²) in [6.45, 7) is 3.77. The summed E-state index contributed by atoms with van der Waals surface area (Å²) in [5.41, 5.74) is 2.52. The maximum atomic E-state index is 12.1. The first-order valence-electron chi connectivity index (χ1n) is 8.92. The molecule has 2 aromatic rings. The van der Waals surface area contributed by atoms with Gasteiger partial charge in [-0.2, -0.15) is 0 Å². The lowest BCUT2D eigenvalue weighted by atomic mass is 10.1. The van der Waals surface area contributed by atoms with Crippen LogP contribution in [-0.4, -0.2) is 30.8 Å². The Labute approximate surface area is 159 Å². The van der Waals surface area contributed by atoms with Crippen molar-refractivity contribution < 1.29 is 14.4 Å². The quantitative estimate of drug-likeness (QED) is 0.753. The van der Waals surface area contributed by atoms with Crippen LogP contribution < -0.4 is 15.5 Å². The monoisotopic (exact) mass is 367 g/mol. The van der Waals surface area contributed by atoms with E-state index in [9.17, 15) is 14.4 Å². The number of amides is 3. The Morgan fingerprint density at radius 3 is 2.19 bits per heavy atom. The summed E-state index contributed by atoms with van der Waals surface area (Å²) in [6, 6.07) is 16.9. The highest BCUT2D eigenvalue weighted by atomic mass is 16.2. The van der Waals surface area contributed by atoms with Gasteiger partial charge in [0.1, 0.15) is 0 Å². The summed E-state index contributed by atoms with van der Waals surface area (Å²) >= 11 is 0. The molecule has 142 valence electrons. The molecule has 0 radical (unpaired) electrons. The van der Waals surface area contributed by atoms with E-state index >= 15 is 0 Å². The molecule has 0 atom stereocenters. The zero-order valence-electron chi connectivity index (χ0n) is 15.7. The fourth-order valence-electron chi connectivity index (χ4n) is 2.69. The predicted molar refractivity (Wildman–Crippen MR) is 107 cm³/mol. The van der Waals surface area contributed by atoms with Gasteiger partial charge in [-0.1, -0.05) is 30.3 Å². The third-order valence-corrected chi connectivity index (χ3v) is 4.02. The highest BCUT2D eigenvalue weighted by Crippen LogP contribution is 2.18. The highest BCUT2D eigenvalue weighted by molar-refractivity contribution is 5.93. The molecular weight excluding hydrogens is 342 g/mol. The van der Waals surface area contributed by atoms with E-state index in [1.54, 1.807) is 29.2 Å². The number of carbonyl (C=O) groups is 3. The summed E-state index contributed by atoms with van der Waals surface area (Å²) in [6.07, 6.45) is 0.995. The van der Waals surface area contributed by atoms with Crippen molar-refractivity contribution in [3.05, 3.63) is 60.2 Å². The lowest BCUT2D eigenvalue weighted by molar-refractivity contribution is -0.121. The molecule has 2 aromatic carbocycles. The zero-order valence-corrected chi connectivity index (χ0v) is 15.7. The van der Waals surface area contributed by atoms with Gasteiger partial charge in [0.15, 0.2) is 0 Å². The van der Waals surface area contributed by atoms with E-state index in [1.165, 1.54) is 19.4 Å². The summed E-state index contributed by atoms with van der Waals surface area (Å²) in [4.78, 5) is 36.6. The Balaban J connectivity index is 1.83. The average molecular weight is 367 g/mol. The maximum Gasteiger partial charge on any atom is 0.223 e. The van der Waals surface area contributed by atoms with Crippen molar-refractivity contribution >= 4 is 29.1 Å². The zero-order chi connectivity index (χ0) is 19.6. The number of hydrogen-bond donors (Lipinski definition) is 2. The summed E-state index contributed by atoms with van der Waals surface area (Å²) < 4.78 is 0. The highest BCUT2D eigenvalue weighted by Gasteiger charge is 2.13. The van der Waals surface area contributed by atoms with E-state index in [1.807, 2.05) is 30.3 Å². The van der Waals surface area contributed by atoms with Crippen molar-refractivity contribution in [2.75, 3.05) is 23.3 Å². The second-order valence-electron chi connectivity index (χ2n) is 6.23. The number of nitrogens with one attached hydrogen (secondary N) is 2. The van der Waals surface area contributed by atoms with Gasteiger partial charge in [0.25, 0.3) is 0 Å². The van der Waals surface area contributed by atoms with Crippen LogP contribution in [0.5, 0.6) is 0 Å². The first-order valence-corrected chi connectivity index (χ1v) is 8.92. The minimum atomic E-state index is -0.154. The number of nitrogens with zero attached hydrogens (tertiary/aromatic N) is 1. The average Bonchev–Trinajstić information content (AvgIpc) is 2.63. The number of rotatable bonds is 8. The van der Waals surface area contributed by atoms with Crippen LogP contribution in [0.25, 0.3) is 0 Å². The largest absolute Gasteiger partial charge is 0.356 e. The van der Waals surface area contributed by atoms with Crippen LogP contribution in [0, 0.1) is 0 Å². The van der Waals surface area contributed by atoms with E-state index < -0.39 is 0 Å². The third kappa shape index (κ3) is 6.93. The Morgan fingerprint density at radius 2 is 1.59 bits per heavy atom. The van der Waals surface area contributed by atoms with Gasteiger partial charge in [-0.05, 0) is 36.2 Å². The normalized spacial score (nSPS) is 10.1. The lowest BCUT2D eigenvalue weighted by Crippen LogP contribution is -2.34. The predicted octanol–water partition coefficient (Wildman–Crippen LogP) is 2.75. The maximum absolute atomic E-state index is 12.1. The molecule has 0 bridgehead atoms. The minimum Gasteiger partial charge on any atom is -0.356 e. The SMILES string of the molecule is CC(=O)Nc1ccc(N(CCC(=O)NCCc2ccccc2)C(C)=O)cc1. The van der Waals surface area contributed by atoms with E-state index in [4.69, 9.17) is 0 Å². The van der Waals surface area contributed by atoms with Crippen molar-refractivity contribution in [2.45, 2.75) is 26.7 Å². The molecular formula is C21H25N3O3. The number of hydrogen-bond acceptors (Lipinski definition) is 3. The Morgan fingerprint density at radius 1 is 0.926 bits per heavy atom. The minimum absolute atomic E-state index is 0.0907. The molecule has 0 unspecified atom stereocenters. The number of carbonyl (C=O) groups excluding carboxylic acids is 3. The fourth-order valence-corrected chi connectivity index (χ4v) is 2.69. The molecule has 0 aliphatic rings. The van der Waals surface area contributed by atoms with Gasteiger partial charge in [-0.15, -0.1) is 0 Å². The smallest absolute Gasteiger partial charge is 0.223 e. The molecule has 3 amide bonds. The molecule has 2 N–H and O–H groups in total. The van der Waals surface area contributed by atoms with Crippen LogP contribution in [0.2, 0.25) is 0 Å². The van der Waals surface area contributed by atoms with Crippen LogP contribution in [0.15, 0.2) is 54.6 Å². The molecule has 0 spiro atoms. The van der Waals surface area contributed by atoms with Crippen LogP contribution >= 0.6 is 0 Å². The van der Waals surface area contributed by atoms with Gasteiger partial charge in [0.05, 0.1) is 0 Å². The summed E-state index contributed by atoms with van der Waals surface area (Å²) in [5.74, 6) is -0.384.